The lowest BCUT2D eigenvalue weighted by molar-refractivity contribution is -0.120. The Labute approximate surface area is 158 Å². The van der Waals surface area contributed by atoms with E-state index in [2.05, 4.69) is 22.5 Å². The molecule has 0 radical (unpaired) electrons. The van der Waals surface area contributed by atoms with Gasteiger partial charge in [0.1, 0.15) is 0 Å². The molecule has 6 heteroatoms. The van der Waals surface area contributed by atoms with E-state index < -0.39 is 0 Å². The SMILES string of the molecule is C=CCNC(=O)c1ccccc1NC(=O)CCNC(=O)Cc1ccccc1. The number of para-hydroxylation sites is 1. The zero-order valence-electron chi connectivity index (χ0n) is 15.0. The highest BCUT2D eigenvalue weighted by molar-refractivity contribution is 6.03. The van der Waals surface area contributed by atoms with Crippen LogP contribution in [0.15, 0.2) is 67.3 Å². The van der Waals surface area contributed by atoms with E-state index >= 15 is 0 Å². The Bertz CT molecular complexity index is 803. The van der Waals surface area contributed by atoms with Crippen molar-refractivity contribution in [2.24, 2.45) is 0 Å². The highest BCUT2D eigenvalue weighted by atomic mass is 16.2. The Morgan fingerprint density at radius 3 is 2.33 bits per heavy atom. The molecule has 0 aliphatic rings. The van der Waals surface area contributed by atoms with Crippen LogP contribution < -0.4 is 16.0 Å². The fraction of sp³-hybridized carbons (Fsp3) is 0.190. The first kappa shape index (κ1) is 19.9. The molecule has 27 heavy (non-hydrogen) atoms. The van der Waals surface area contributed by atoms with Crippen molar-refractivity contribution in [1.29, 1.82) is 0 Å². The average molecular weight is 365 g/mol. The standard InChI is InChI=1S/C21H23N3O3/c1-2-13-23-21(27)17-10-6-7-11-18(17)24-19(25)12-14-22-20(26)15-16-8-4-3-5-9-16/h2-11H,1,12-15H2,(H,22,26)(H,23,27)(H,24,25). The van der Waals surface area contributed by atoms with Gasteiger partial charge < -0.3 is 16.0 Å². The molecule has 0 fully saturated rings. The van der Waals surface area contributed by atoms with Crippen molar-refractivity contribution in [2.75, 3.05) is 18.4 Å². The Hall–Kier alpha value is -3.41. The highest BCUT2D eigenvalue weighted by Gasteiger charge is 2.12. The second-order valence-corrected chi connectivity index (χ2v) is 5.85. The maximum absolute atomic E-state index is 12.1. The number of anilines is 1. The van der Waals surface area contributed by atoms with Crippen molar-refractivity contribution in [3.8, 4) is 0 Å². The number of benzene rings is 2. The molecular formula is C21H23N3O3. The first-order valence-electron chi connectivity index (χ1n) is 8.68. The minimum atomic E-state index is -0.290. The molecule has 3 N–H and O–H groups in total. The van der Waals surface area contributed by atoms with Crippen molar-refractivity contribution in [3.63, 3.8) is 0 Å². The van der Waals surface area contributed by atoms with Gasteiger partial charge in [0.25, 0.3) is 5.91 Å². The second-order valence-electron chi connectivity index (χ2n) is 5.85. The molecule has 6 nitrogen and oxygen atoms in total. The van der Waals surface area contributed by atoms with Gasteiger partial charge in [-0.3, -0.25) is 14.4 Å². The van der Waals surface area contributed by atoms with Crippen molar-refractivity contribution >= 4 is 23.4 Å². The summed E-state index contributed by atoms with van der Waals surface area (Å²) in [6, 6.07) is 16.1. The summed E-state index contributed by atoms with van der Waals surface area (Å²) in [6.07, 6.45) is 1.97. The minimum absolute atomic E-state index is 0.114. The van der Waals surface area contributed by atoms with Gasteiger partial charge in [-0.05, 0) is 17.7 Å². The number of hydrogen-bond acceptors (Lipinski definition) is 3. The highest BCUT2D eigenvalue weighted by Crippen LogP contribution is 2.15. The molecule has 2 rings (SSSR count). The van der Waals surface area contributed by atoms with Crippen LogP contribution in [-0.4, -0.2) is 30.8 Å². The molecule has 0 unspecified atom stereocenters. The van der Waals surface area contributed by atoms with E-state index in [0.717, 1.165) is 5.56 Å². The molecule has 2 aromatic rings. The van der Waals surface area contributed by atoms with Gasteiger partial charge in [0, 0.05) is 19.5 Å². The Kier molecular flexibility index (Phi) is 7.78. The molecule has 0 heterocycles. The van der Waals surface area contributed by atoms with Crippen molar-refractivity contribution in [1.82, 2.24) is 10.6 Å². The van der Waals surface area contributed by atoms with E-state index in [4.69, 9.17) is 0 Å². The summed E-state index contributed by atoms with van der Waals surface area (Å²) >= 11 is 0. The van der Waals surface area contributed by atoms with E-state index in [1.54, 1.807) is 30.3 Å². The van der Waals surface area contributed by atoms with Crippen LogP contribution in [0.2, 0.25) is 0 Å². The Morgan fingerprint density at radius 1 is 0.889 bits per heavy atom. The lowest BCUT2D eigenvalue weighted by Crippen LogP contribution is -2.29. The fourth-order valence-electron chi connectivity index (χ4n) is 2.42. The molecule has 0 bridgehead atoms. The number of nitrogens with one attached hydrogen (secondary N) is 3. The zero-order chi connectivity index (χ0) is 19.5. The summed E-state index contributed by atoms with van der Waals surface area (Å²) in [5.74, 6) is -0.709. The van der Waals surface area contributed by atoms with Crippen molar-refractivity contribution < 1.29 is 14.4 Å². The zero-order valence-corrected chi connectivity index (χ0v) is 15.0. The maximum Gasteiger partial charge on any atom is 0.253 e. The smallest absolute Gasteiger partial charge is 0.253 e. The van der Waals surface area contributed by atoms with Crippen LogP contribution in [0.5, 0.6) is 0 Å². The van der Waals surface area contributed by atoms with Crippen LogP contribution in [0, 0.1) is 0 Å². The number of carbonyl (C=O) groups excluding carboxylic acids is 3. The predicted octanol–water partition coefficient (Wildman–Crippen LogP) is 2.29. The van der Waals surface area contributed by atoms with Gasteiger partial charge >= 0.3 is 0 Å². The van der Waals surface area contributed by atoms with E-state index in [1.807, 2.05) is 30.3 Å². The number of carbonyl (C=O) groups is 3. The molecule has 0 aromatic heterocycles. The minimum Gasteiger partial charge on any atom is -0.355 e. The third-order valence-electron chi connectivity index (χ3n) is 3.73. The number of hydrogen-bond donors (Lipinski definition) is 3. The van der Waals surface area contributed by atoms with E-state index in [1.165, 1.54) is 0 Å². The van der Waals surface area contributed by atoms with Crippen LogP contribution in [0.25, 0.3) is 0 Å². The van der Waals surface area contributed by atoms with Crippen LogP contribution in [0.3, 0.4) is 0 Å². The molecule has 140 valence electrons. The number of amides is 3. The fourth-order valence-corrected chi connectivity index (χ4v) is 2.42. The molecule has 0 aliphatic heterocycles. The molecular weight excluding hydrogens is 342 g/mol. The summed E-state index contributed by atoms with van der Waals surface area (Å²) in [4.78, 5) is 36.1. The van der Waals surface area contributed by atoms with Crippen LogP contribution >= 0.6 is 0 Å². The monoisotopic (exact) mass is 365 g/mol. The topological polar surface area (TPSA) is 87.3 Å². The van der Waals surface area contributed by atoms with Crippen molar-refractivity contribution in [3.05, 3.63) is 78.4 Å². The van der Waals surface area contributed by atoms with Gasteiger partial charge in [0.2, 0.25) is 11.8 Å². The maximum atomic E-state index is 12.1. The van der Waals surface area contributed by atoms with Crippen molar-refractivity contribution in [2.45, 2.75) is 12.8 Å². The van der Waals surface area contributed by atoms with Gasteiger partial charge in [-0.15, -0.1) is 6.58 Å². The summed E-state index contributed by atoms with van der Waals surface area (Å²) < 4.78 is 0. The Balaban J connectivity index is 1.81. The summed E-state index contributed by atoms with van der Waals surface area (Å²) in [7, 11) is 0. The van der Waals surface area contributed by atoms with Crippen LogP contribution in [0.4, 0.5) is 5.69 Å². The molecule has 0 aliphatic carbocycles. The molecule has 0 saturated heterocycles. The van der Waals surface area contributed by atoms with E-state index in [0.29, 0.717) is 17.8 Å². The normalized spacial score (nSPS) is 9.93. The van der Waals surface area contributed by atoms with Gasteiger partial charge in [-0.25, -0.2) is 0 Å². The molecule has 0 saturated carbocycles. The van der Waals surface area contributed by atoms with Crippen LogP contribution in [0.1, 0.15) is 22.3 Å². The van der Waals surface area contributed by atoms with Crippen LogP contribution in [-0.2, 0) is 16.0 Å². The largest absolute Gasteiger partial charge is 0.355 e. The lowest BCUT2D eigenvalue weighted by atomic mass is 10.1. The van der Waals surface area contributed by atoms with Gasteiger partial charge in [-0.2, -0.15) is 0 Å². The summed E-state index contributed by atoms with van der Waals surface area (Å²) in [5, 5.41) is 8.12. The van der Waals surface area contributed by atoms with Gasteiger partial charge in [0.15, 0.2) is 0 Å². The van der Waals surface area contributed by atoms with E-state index in [9.17, 15) is 14.4 Å². The van der Waals surface area contributed by atoms with Gasteiger partial charge in [0.05, 0.1) is 17.7 Å². The summed E-state index contributed by atoms with van der Waals surface area (Å²) in [5.41, 5.74) is 1.72. The quantitative estimate of drug-likeness (QED) is 0.596. The first-order chi connectivity index (χ1) is 13.1. The Morgan fingerprint density at radius 2 is 1.59 bits per heavy atom. The predicted molar refractivity (Wildman–Crippen MR) is 105 cm³/mol. The second kappa shape index (κ2) is 10.6. The average Bonchev–Trinajstić information content (AvgIpc) is 2.67. The molecule has 2 aromatic carbocycles. The molecule has 3 amide bonds. The third kappa shape index (κ3) is 6.78. The van der Waals surface area contributed by atoms with Gasteiger partial charge in [-0.1, -0.05) is 48.5 Å². The lowest BCUT2D eigenvalue weighted by Gasteiger charge is -2.11. The summed E-state index contributed by atoms with van der Waals surface area (Å²) in [6.45, 7) is 4.12. The first-order valence-corrected chi connectivity index (χ1v) is 8.68. The third-order valence-corrected chi connectivity index (χ3v) is 3.73. The number of rotatable bonds is 9. The molecule has 0 spiro atoms. The van der Waals surface area contributed by atoms with E-state index in [-0.39, 0.29) is 37.1 Å². The molecule has 0 atom stereocenters.